The van der Waals surface area contributed by atoms with Gasteiger partial charge in [0.1, 0.15) is 0 Å². The summed E-state index contributed by atoms with van der Waals surface area (Å²) in [6.45, 7) is 0. The van der Waals surface area contributed by atoms with Gasteiger partial charge in [-0.3, -0.25) is 0 Å². The van der Waals surface area contributed by atoms with Crippen molar-refractivity contribution in [2.75, 3.05) is 0 Å². The van der Waals surface area contributed by atoms with Crippen LogP contribution in [0.25, 0.3) is 33.4 Å². The minimum atomic E-state index is 0. The quantitative estimate of drug-likeness (QED) is 0.433. The van der Waals surface area contributed by atoms with Crippen molar-refractivity contribution in [3.05, 3.63) is 109 Å². The van der Waals surface area contributed by atoms with Gasteiger partial charge in [0.25, 0.3) is 0 Å². The molecule has 0 unspecified atom stereocenters. The van der Waals surface area contributed by atoms with E-state index >= 15 is 0 Å². The van der Waals surface area contributed by atoms with Gasteiger partial charge in [-0.2, -0.15) is 0 Å². The molecule has 0 heterocycles. The van der Waals surface area contributed by atoms with Crippen LogP contribution in [0.1, 0.15) is 0 Å². The SMILES string of the molecule is [NaH].[NaH].c1ccc(-c2cccc(-c3ccccc3)c2-c2ccccc2)cc1. The molecular formula is C24H20Na2. The summed E-state index contributed by atoms with van der Waals surface area (Å²) in [5, 5.41) is 0. The second kappa shape index (κ2) is 10.3. The molecule has 0 radical (unpaired) electrons. The molecule has 0 aliphatic carbocycles. The average molecular weight is 354 g/mol. The van der Waals surface area contributed by atoms with E-state index in [4.69, 9.17) is 0 Å². The summed E-state index contributed by atoms with van der Waals surface area (Å²) in [5.41, 5.74) is 7.56. The van der Waals surface area contributed by atoms with Crippen molar-refractivity contribution < 1.29 is 0 Å². The molecule has 2 heteroatoms. The van der Waals surface area contributed by atoms with Crippen molar-refractivity contribution in [3.8, 4) is 33.4 Å². The van der Waals surface area contributed by atoms with Crippen LogP contribution in [0.4, 0.5) is 0 Å². The van der Waals surface area contributed by atoms with E-state index in [1.807, 2.05) is 0 Å². The molecule has 0 fully saturated rings. The fourth-order valence-electron chi connectivity index (χ4n) is 3.18. The third kappa shape index (κ3) is 4.58. The van der Waals surface area contributed by atoms with Crippen LogP contribution in [0, 0.1) is 0 Å². The average Bonchev–Trinajstić information content (AvgIpc) is 2.69. The topological polar surface area (TPSA) is 0 Å². The Bertz CT molecular complexity index is 876. The smallest absolute Gasteiger partial charge is 0.00268 e. The van der Waals surface area contributed by atoms with E-state index in [2.05, 4.69) is 109 Å². The van der Waals surface area contributed by atoms with Crippen molar-refractivity contribution in [3.63, 3.8) is 0 Å². The van der Waals surface area contributed by atoms with E-state index in [1.165, 1.54) is 33.4 Å². The molecule has 4 aromatic carbocycles. The Morgan fingerprint density at radius 2 is 0.654 bits per heavy atom. The van der Waals surface area contributed by atoms with E-state index in [0.717, 1.165) is 0 Å². The van der Waals surface area contributed by atoms with Gasteiger partial charge in [-0.1, -0.05) is 109 Å². The molecule has 118 valence electrons. The summed E-state index contributed by atoms with van der Waals surface area (Å²) in [5.74, 6) is 0. The molecule has 0 N–H and O–H groups in total. The van der Waals surface area contributed by atoms with Crippen LogP contribution >= 0.6 is 0 Å². The first-order chi connectivity index (χ1) is 11.9. The van der Waals surface area contributed by atoms with Gasteiger partial charge in [0.2, 0.25) is 0 Å². The summed E-state index contributed by atoms with van der Waals surface area (Å²) in [4.78, 5) is 0. The van der Waals surface area contributed by atoms with Gasteiger partial charge in [-0.25, -0.2) is 0 Å². The Kier molecular flexibility index (Phi) is 8.37. The van der Waals surface area contributed by atoms with Crippen molar-refractivity contribution >= 4 is 59.1 Å². The number of hydrogen-bond acceptors (Lipinski definition) is 0. The largest absolute Gasteiger partial charge is 0.0622 e. The Balaban J connectivity index is 0.00000121. The first-order valence-corrected chi connectivity index (χ1v) is 8.23. The summed E-state index contributed by atoms with van der Waals surface area (Å²) in [6.07, 6.45) is 0. The maximum atomic E-state index is 2.21. The Hall–Kier alpha value is -1.12. The number of hydrogen-bond donors (Lipinski definition) is 0. The van der Waals surface area contributed by atoms with Gasteiger partial charge in [-0.15, -0.1) is 0 Å². The van der Waals surface area contributed by atoms with E-state index in [-0.39, 0.29) is 59.1 Å². The third-order valence-electron chi connectivity index (χ3n) is 4.30. The number of benzene rings is 4. The van der Waals surface area contributed by atoms with Crippen LogP contribution in [0.5, 0.6) is 0 Å². The van der Waals surface area contributed by atoms with Gasteiger partial charge in [-0.05, 0) is 33.4 Å². The van der Waals surface area contributed by atoms with Gasteiger partial charge in [0.05, 0.1) is 0 Å². The summed E-state index contributed by atoms with van der Waals surface area (Å²) in [6, 6.07) is 38.4. The molecule has 0 saturated carbocycles. The van der Waals surface area contributed by atoms with Gasteiger partial charge in [0, 0.05) is 0 Å². The standard InChI is InChI=1S/C24H18.2Na.2H/c1-4-11-19(12-5-1)22-17-10-18-23(20-13-6-2-7-14-20)24(22)21-15-8-3-9-16-21;;;;/h1-18H;;;;. The second-order valence-electron chi connectivity index (χ2n) is 5.83. The zero-order chi connectivity index (χ0) is 16.2. The molecular weight excluding hydrogens is 334 g/mol. The first kappa shape index (κ1) is 21.2. The molecule has 0 saturated heterocycles. The van der Waals surface area contributed by atoms with Crippen LogP contribution in [-0.2, 0) is 0 Å². The maximum absolute atomic E-state index is 2.21. The van der Waals surface area contributed by atoms with Crippen molar-refractivity contribution in [2.45, 2.75) is 0 Å². The van der Waals surface area contributed by atoms with Crippen LogP contribution in [0.2, 0.25) is 0 Å². The second-order valence-corrected chi connectivity index (χ2v) is 5.83. The van der Waals surface area contributed by atoms with Crippen LogP contribution in [0.3, 0.4) is 0 Å². The van der Waals surface area contributed by atoms with E-state index in [9.17, 15) is 0 Å². The fraction of sp³-hybridized carbons (Fsp3) is 0. The minimum Gasteiger partial charge on any atom is -0.0622 e. The van der Waals surface area contributed by atoms with Crippen LogP contribution < -0.4 is 0 Å². The zero-order valence-electron chi connectivity index (χ0n) is 13.4. The van der Waals surface area contributed by atoms with Crippen molar-refractivity contribution in [1.82, 2.24) is 0 Å². The predicted molar refractivity (Wildman–Crippen MR) is 117 cm³/mol. The zero-order valence-corrected chi connectivity index (χ0v) is 13.4. The molecule has 0 amide bonds. The number of rotatable bonds is 3. The predicted octanol–water partition coefficient (Wildman–Crippen LogP) is 5.39. The van der Waals surface area contributed by atoms with Gasteiger partial charge >= 0.3 is 59.1 Å². The van der Waals surface area contributed by atoms with Gasteiger partial charge in [0.15, 0.2) is 0 Å². The van der Waals surface area contributed by atoms with Gasteiger partial charge < -0.3 is 0 Å². The Morgan fingerprint density at radius 1 is 0.308 bits per heavy atom. The molecule has 0 aliphatic heterocycles. The summed E-state index contributed by atoms with van der Waals surface area (Å²) < 4.78 is 0. The van der Waals surface area contributed by atoms with E-state index < -0.39 is 0 Å². The van der Waals surface area contributed by atoms with Crippen LogP contribution in [-0.4, -0.2) is 59.1 Å². The fourth-order valence-corrected chi connectivity index (χ4v) is 3.18. The molecule has 0 spiro atoms. The minimum absolute atomic E-state index is 0. The molecule has 0 atom stereocenters. The molecule has 4 aromatic rings. The summed E-state index contributed by atoms with van der Waals surface area (Å²) >= 11 is 0. The van der Waals surface area contributed by atoms with Crippen molar-refractivity contribution in [2.24, 2.45) is 0 Å². The molecule has 0 aliphatic rings. The molecule has 0 nitrogen and oxygen atoms in total. The molecule has 26 heavy (non-hydrogen) atoms. The third-order valence-corrected chi connectivity index (χ3v) is 4.30. The Morgan fingerprint density at radius 3 is 1.04 bits per heavy atom. The summed E-state index contributed by atoms with van der Waals surface area (Å²) in [7, 11) is 0. The monoisotopic (exact) mass is 354 g/mol. The molecule has 4 rings (SSSR count). The van der Waals surface area contributed by atoms with Crippen molar-refractivity contribution in [1.29, 1.82) is 0 Å². The van der Waals surface area contributed by atoms with Crippen LogP contribution in [0.15, 0.2) is 109 Å². The van der Waals surface area contributed by atoms with E-state index in [1.54, 1.807) is 0 Å². The normalized spacial score (nSPS) is 9.69. The molecule has 0 aromatic heterocycles. The van der Waals surface area contributed by atoms with E-state index in [0.29, 0.717) is 0 Å². The molecule has 0 bridgehead atoms. The Labute approximate surface area is 199 Å². The first-order valence-electron chi connectivity index (χ1n) is 8.23. The maximum Gasteiger partial charge on any atom is -0.00268 e.